The average Bonchev–Trinajstić information content (AvgIpc) is 2.23. The third kappa shape index (κ3) is 1.86. The summed E-state index contributed by atoms with van der Waals surface area (Å²) in [5.41, 5.74) is 0.857. The second-order valence-corrected chi connectivity index (χ2v) is 3.95. The van der Waals surface area contributed by atoms with Gasteiger partial charge in [0, 0.05) is 7.05 Å². The Morgan fingerprint density at radius 3 is 3.00 bits per heavy atom. The van der Waals surface area contributed by atoms with Gasteiger partial charge in [-0.15, -0.1) is 0 Å². The summed E-state index contributed by atoms with van der Waals surface area (Å²) in [6.07, 6.45) is 0. The van der Waals surface area contributed by atoms with Crippen LogP contribution in [0.4, 0.5) is 11.4 Å². The van der Waals surface area contributed by atoms with Gasteiger partial charge in [0.15, 0.2) is 6.61 Å². The fraction of sp³-hybridized carbons (Fsp3) is 0.222. The molecule has 1 aromatic rings. The molecule has 1 amide bonds. The summed E-state index contributed by atoms with van der Waals surface area (Å²) in [4.78, 5) is 12.8. The minimum Gasteiger partial charge on any atom is -0.481 e. The van der Waals surface area contributed by atoms with Crippen molar-refractivity contribution in [1.29, 1.82) is 0 Å². The molecular formula is C9H10N2O4S. The molecule has 16 heavy (non-hydrogen) atoms. The molecule has 2 rings (SSSR count). The number of nitrogens with one attached hydrogen (secondary N) is 1. The Labute approximate surface area is 94.6 Å². The Balaban J connectivity index is 2.48. The lowest BCUT2D eigenvalue weighted by Gasteiger charge is -2.27. The molecule has 0 saturated carbocycles. The fourth-order valence-electron chi connectivity index (χ4n) is 1.52. The Bertz CT molecular complexity index is 463. The topological polar surface area (TPSA) is 78.9 Å². The third-order valence-electron chi connectivity index (χ3n) is 2.26. The molecule has 1 aromatic carbocycles. The standard InChI is InChI=1S/C9H10N2O4S/c1-11-8(12)5-15-7-4-2-3-6(9(7)11)10-16(13)14/h2-4,10H,5H2,1H3,(H,13,14). The molecule has 7 heteroatoms. The number of carbonyl (C=O) groups excluding carboxylic acids is 1. The number of anilines is 2. The first-order valence-electron chi connectivity index (χ1n) is 4.49. The highest BCUT2D eigenvalue weighted by Gasteiger charge is 2.25. The van der Waals surface area contributed by atoms with Crippen molar-refractivity contribution in [2.75, 3.05) is 23.3 Å². The van der Waals surface area contributed by atoms with Gasteiger partial charge in [-0.3, -0.25) is 14.1 Å². The number of para-hydroxylation sites is 1. The molecule has 0 radical (unpaired) electrons. The normalized spacial score (nSPS) is 16.4. The molecule has 1 unspecified atom stereocenters. The Morgan fingerprint density at radius 2 is 2.31 bits per heavy atom. The first kappa shape index (κ1) is 10.9. The second-order valence-electron chi connectivity index (χ2n) is 3.24. The zero-order chi connectivity index (χ0) is 11.7. The quantitative estimate of drug-likeness (QED) is 0.744. The van der Waals surface area contributed by atoms with Crippen LogP contribution in [0.2, 0.25) is 0 Å². The van der Waals surface area contributed by atoms with Crippen molar-refractivity contribution < 1.29 is 18.3 Å². The van der Waals surface area contributed by atoms with Crippen molar-refractivity contribution >= 4 is 28.5 Å². The van der Waals surface area contributed by atoms with E-state index in [4.69, 9.17) is 9.29 Å². The van der Waals surface area contributed by atoms with Gasteiger partial charge >= 0.3 is 0 Å². The van der Waals surface area contributed by atoms with E-state index in [0.29, 0.717) is 17.1 Å². The number of amides is 1. The highest BCUT2D eigenvalue weighted by molar-refractivity contribution is 7.80. The van der Waals surface area contributed by atoms with E-state index >= 15 is 0 Å². The molecule has 1 aliphatic heterocycles. The van der Waals surface area contributed by atoms with E-state index < -0.39 is 11.3 Å². The zero-order valence-electron chi connectivity index (χ0n) is 8.47. The van der Waals surface area contributed by atoms with Crippen LogP contribution < -0.4 is 14.4 Å². The van der Waals surface area contributed by atoms with Gasteiger partial charge < -0.3 is 9.64 Å². The van der Waals surface area contributed by atoms with Gasteiger partial charge in [0.1, 0.15) is 11.4 Å². The average molecular weight is 242 g/mol. The van der Waals surface area contributed by atoms with Gasteiger partial charge in [0.2, 0.25) is 0 Å². The minimum atomic E-state index is -2.18. The molecule has 0 fully saturated rings. The van der Waals surface area contributed by atoms with E-state index in [2.05, 4.69) is 4.72 Å². The molecular weight excluding hydrogens is 232 g/mol. The van der Waals surface area contributed by atoms with Crippen molar-refractivity contribution in [2.45, 2.75) is 0 Å². The van der Waals surface area contributed by atoms with Crippen LogP contribution in [0, 0.1) is 0 Å². The molecule has 1 atom stereocenters. The van der Waals surface area contributed by atoms with Crippen LogP contribution in [0.3, 0.4) is 0 Å². The molecule has 6 nitrogen and oxygen atoms in total. The summed E-state index contributed by atoms with van der Waals surface area (Å²) in [7, 11) is 1.59. The SMILES string of the molecule is CN1C(=O)COc2cccc(NS(=O)O)c21. The van der Waals surface area contributed by atoms with E-state index in [-0.39, 0.29) is 12.5 Å². The zero-order valence-corrected chi connectivity index (χ0v) is 9.28. The summed E-state index contributed by atoms with van der Waals surface area (Å²) in [6, 6.07) is 4.98. The van der Waals surface area contributed by atoms with Crippen LogP contribution >= 0.6 is 0 Å². The molecule has 1 aliphatic rings. The van der Waals surface area contributed by atoms with Gasteiger partial charge in [-0.1, -0.05) is 6.07 Å². The highest BCUT2D eigenvalue weighted by atomic mass is 32.2. The number of benzene rings is 1. The van der Waals surface area contributed by atoms with E-state index in [1.807, 2.05) is 0 Å². The number of carbonyl (C=O) groups is 1. The molecule has 0 saturated heterocycles. The monoisotopic (exact) mass is 242 g/mol. The summed E-state index contributed by atoms with van der Waals surface area (Å²) in [6.45, 7) is -0.0187. The van der Waals surface area contributed by atoms with E-state index in [1.165, 1.54) is 4.90 Å². The number of hydrogen-bond donors (Lipinski definition) is 2. The molecule has 1 heterocycles. The maximum atomic E-state index is 11.4. The maximum absolute atomic E-state index is 11.4. The van der Waals surface area contributed by atoms with Gasteiger partial charge in [0.05, 0.1) is 5.69 Å². The molecule has 86 valence electrons. The van der Waals surface area contributed by atoms with Crippen molar-refractivity contribution in [1.82, 2.24) is 0 Å². The van der Waals surface area contributed by atoms with E-state index in [1.54, 1.807) is 25.2 Å². The molecule has 0 bridgehead atoms. The molecule has 0 spiro atoms. The second kappa shape index (κ2) is 4.11. The lowest BCUT2D eigenvalue weighted by atomic mass is 10.2. The van der Waals surface area contributed by atoms with Gasteiger partial charge in [0.25, 0.3) is 17.2 Å². The fourth-order valence-corrected chi connectivity index (χ4v) is 1.88. The van der Waals surface area contributed by atoms with Crippen molar-refractivity contribution in [3.8, 4) is 5.75 Å². The first-order chi connectivity index (χ1) is 7.59. The van der Waals surface area contributed by atoms with Crippen LogP contribution in [0.25, 0.3) is 0 Å². The summed E-state index contributed by atoms with van der Waals surface area (Å²) < 4.78 is 27.0. The van der Waals surface area contributed by atoms with Crippen LogP contribution in [0.1, 0.15) is 0 Å². The largest absolute Gasteiger partial charge is 0.481 e. The summed E-state index contributed by atoms with van der Waals surface area (Å²) in [5, 5.41) is 0. The maximum Gasteiger partial charge on any atom is 0.264 e. The van der Waals surface area contributed by atoms with Gasteiger partial charge in [-0.2, -0.15) is 0 Å². The van der Waals surface area contributed by atoms with Crippen molar-refractivity contribution in [3.05, 3.63) is 18.2 Å². The van der Waals surface area contributed by atoms with Gasteiger partial charge in [-0.25, -0.2) is 4.21 Å². The minimum absolute atomic E-state index is 0.0187. The summed E-state index contributed by atoms with van der Waals surface area (Å²) in [5.74, 6) is 0.308. The number of fused-ring (bicyclic) bond motifs is 1. The van der Waals surface area contributed by atoms with Crippen LogP contribution in [-0.2, 0) is 16.1 Å². The number of rotatable bonds is 2. The highest BCUT2D eigenvalue weighted by Crippen LogP contribution is 2.37. The third-order valence-corrected chi connectivity index (χ3v) is 2.65. The van der Waals surface area contributed by atoms with Gasteiger partial charge in [-0.05, 0) is 12.1 Å². The molecule has 0 aromatic heterocycles. The lowest BCUT2D eigenvalue weighted by Crippen LogP contribution is -2.36. The number of ether oxygens (including phenoxy) is 1. The Morgan fingerprint density at radius 1 is 1.56 bits per heavy atom. The predicted octanol–water partition coefficient (Wildman–Crippen LogP) is 0.590. The predicted molar refractivity (Wildman–Crippen MR) is 59.7 cm³/mol. The van der Waals surface area contributed by atoms with Crippen LogP contribution in [-0.4, -0.2) is 28.3 Å². The van der Waals surface area contributed by atoms with Crippen molar-refractivity contribution in [3.63, 3.8) is 0 Å². The smallest absolute Gasteiger partial charge is 0.264 e. The van der Waals surface area contributed by atoms with Crippen LogP contribution in [0.15, 0.2) is 18.2 Å². The Hall–Kier alpha value is -1.60. The molecule has 2 N–H and O–H groups in total. The van der Waals surface area contributed by atoms with E-state index in [0.717, 1.165) is 0 Å². The lowest BCUT2D eigenvalue weighted by molar-refractivity contribution is -0.120. The number of likely N-dealkylation sites (N-methyl/N-ethyl adjacent to an activating group) is 1. The number of nitrogens with zero attached hydrogens (tertiary/aromatic N) is 1. The number of hydrogen-bond acceptors (Lipinski definition) is 3. The first-order valence-corrected chi connectivity index (χ1v) is 5.60. The van der Waals surface area contributed by atoms with E-state index in [9.17, 15) is 9.00 Å². The van der Waals surface area contributed by atoms with Crippen molar-refractivity contribution in [2.24, 2.45) is 0 Å². The van der Waals surface area contributed by atoms with Crippen LogP contribution in [0.5, 0.6) is 5.75 Å². The summed E-state index contributed by atoms with van der Waals surface area (Å²) >= 11 is -2.18. The Kier molecular flexibility index (Phi) is 2.80. The molecule has 0 aliphatic carbocycles.